The summed E-state index contributed by atoms with van der Waals surface area (Å²) in [6.45, 7) is 0. The highest BCUT2D eigenvalue weighted by Crippen LogP contribution is 2.38. The highest BCUT2D eigenvalue weighted by molar-refractivity contribution is 9.10. The largest absolute Gasteiger partial charge is 0.494 e. The monoisotopic (exact) mass is 487 g/mol. The Labute approximate surface area is 179 Å². The number of anilines is 2. The maximum absolute atomic E-state index is 13.7. The number of methoxy groups -OCH3 is 1. The van der Waals surface area contributed by atoms with Gasteiger partial charge >= 0.3 is 0 Å². The van der Waals surface area contributed by atoms with E-state index in [-0.39, 0.29) is 22.1 Å². The van der Waals surface area contributed by atoms with Crippen LogP contribution < -0.4 is 14.6 Å². The van der Waals surface area contributed by atoms with Gasteiger partial charge in [-0.05, 0) is 42.5 Å². The van der Waals surface area contributed by atoms with E-state index < -0.39 is 10.0 Å². The number of nitrogens with zero attached hydrogens (tertiary/aromatic N) is 4. The number of hydrogen-bond donors (Lipinski definition) is 1. The van der Waals surface area contributed by atoms with Crippen LogP contribution in [0.25, 0.3) is 11.0 Å². The van der Waals surface area contributed by atoms with Gasteiger partial charge in [-0.3, -0.25) is 4.79 Å². The highest BCUT2D eigenvalue weighted by atomic mass is 79.9. The lowest BCUT2D eigenvalue weighted by molar-refractivity contribution is 0.415. The number of nitrogens with one attached hydrogen (secondary N) is 1. The second-order valence-electron chi connectivity index (χ2n) is 6.06. The highest BCUT2D eigenvalue weighted by Gasteiger charge is 2.31. The molecule has 0 aliphatic heterocycles. The molecule has 2 heterocycles. The topological polar surface area (TPSA) is 118 Å². The van der Waals surface area contributed by atoms with Gasteiger partial charge in [0.1, 0.15) is 11.4 Å². The van der Waals surface area contributed by atoms with Crippen LogP contribution in [0.1, 0.15) is 0 Å². The average molecular weight is 488 g/mol. The van der Waals surface area contributed by atoms with Crippen molar-refractivity contribution in [1.82, 2.24) is 19.9 Å². The summed E-state index contributed by atoms with van der Waals surface area (Å²) in [5, 5.41) is 0. The number of benzene rings is 2. The van der Waals surface area contributed by atoms with E-state index in [1.807, 2.05) is 0 Å². The summed E-state index contributed by atoms with van der Waals surface area (Å²) in [5.74, 6) is 0.260. The molecule has 0 aliphatic carbocycles. The molecule has 0 unspecified atom stereocenters. The van der Waals surface area contributed by atoms with Crippen LogP contribution >= 0.6 is 15.9 Å². The van der Waals surface area contributed by atoms with Crippen LogP contribution in [-0.2, 0) is 10.0 Å². The van der Waals surface area contributed by atoms with Gasteiger partial charge in [0.2, 0.25) is 5.95 Å². The van der Waals surface area contributed by atoms with Crippen molar-refractivity contribution in [2.45, 2.75) is 4.90 Å². The van der Waals surface area contributed by atoms with E-state index in [0.717, 1.165) is 10.5 Å². The van der Waals surface area contributed by atoms with E-state index in [1.165, 1.54) is 37.7 Å². The van der Waals surface area contributed by atoms with Crippen molar-refractivity contribution < 1.29 is 13.2 Å². The fourth-order valence-corrected chi connectivity index (χ4v) is 4.61. The van der Waals surface area contributed by atoms with Crippen molar-refractivity contribution >= 4 is 48.6 Å². The molecule has 0 saturated carbocycles. The lowest BCUT2D eigenvalue weighted by atomic mass is 10.3. The van der Waals surface area contributed by atoms with Gasteiger partial charge in [0, 0.05) is 16.9 Å². The lowest BCUT2D eigenvalue weighted by Gasteiger charge is -2.24. The smallest absolute Gasteiger partial charge is 0.271 e. The Morgan fingerprint density at radius 2 is 1.83 bits per heavy atom. The van der Waals surface area contributed by atoms with E-state index in [1.54, 1.807) is 24.3 Å². The molecule has 0 fully saturated rings. The van der Waals surface area contributed by atoms with Gasteiger partial charge in [-0.2, -0.15) is 4.31 Å². The SMILES string of the molecule is COc1cc(Br)ccc1N(c1ncccn1)S(=O)(=O)c1ccc2[nH]c(=O)cnc2c1. The molecule has 2 aromatic heterocycles. The second-order valence-corrected chi connectivity index (χ2v) is 8.76. The number of rotatable bonds is 5. The zero-order valence-corrected chi connectivity index (χ0v) is 17.9. The van der Waals surface area contributed by atoms with Gasteiger partial charge in [-0.15, -0.1) is 0 Å². The first kappa shape index (κ1) is 20.0. The van der Waals surface area contributed by atoms with Gasteiger partial charge in [0.15, 0.2) is 0 Å². The Morgan fingerprint density at radius 1 is 1.07 bits per heavy atom. The fourth-order valence-electron chi connectivity index (χ4n) is 2.84. The molecule has 0 saturated heterocycles. The number of hydrogen-bond acceptors (Lipinski definition) is 7. The summed E-state index contributed by atoms with van der Waals surface area (Å²) in [6.07, 6.45) is 3.99. The molecule has 30 heavy (non-hydrogen) atoms. The van der Waals surface area contributed by atoms with Crippen LogP contribution in [0.15, 0.2) is 75.2 Å². The van der Waals surface area contributed by atoms with Crippen molar-refractivity contribution in [2.75, 3.05) is 11.4 Å². The van der Waals surface area contributed by atoms with Crippen LogP contribution in [0.3, 0.4) is 0 Å². The molecular weight excluding hydrogens is 474 g/mol. The van der Waals surface area contributed by atoms with Gasteiger partial charge in [0.05, 0.1) is 29.2 Å². The van der Waals surface area contributed by atoms with E-state index in [9.17, 15) is 13.2 Å². The second kappa shape index (κ2) is 7.84. The quantitative estimate of drug-likeness (QED) is 0.459. The Hall–Kier alpha value is -3.31. The normalized spacial score (nSPS) is 11.4. The minimum absolute atomic E-state index is 0.0485. The minimum Gasteiger partial charge on any atom is -0.494 e. The van der Waals surface area contributed by atoms with Crippen LogP contribution in [0.2, 0.25) is 0 Å². The third-order valence-electron chi connectivity index (χ3n) is 4.18. The summed E-state index contributed by atoms with van der Waals surface area (Å²) in [7, 11) is -2.73. The van der Waals surface area contributed by atoms with E-state index >= 15 is 0 Å². The third kappa shape index (κ3) is 3.64. The summed E-state index contributed by atoms with van der Waals surface area (Å²) < 4.78 is 34.5. The third-order valence-corrected chi connectivity index (χ3v) is 6.36. The predicted molar refractivity (Wildman–Crippen MR) is 114 cm³/mol. The number of H-pyrrole nitrogens is 1. The summed E-state index contributed by atoms with van der Waals surface area (Å²) >= 11 is 3.35. The first-order valence-electron chi connectivity index (χ1n) is 8.55. The Bertz CT molecular complexity index is 1390. The predicted octanol–water partition coefficient (Wildman–Crippen LogP) is 3.01. The van der Waals surface area contributed by atoms with Crippen LogP contribution in [0, 0.1) is 0 Å². The summed E-state index contributed by atoms with van der Waals surface area (Å²) in [6, 6.07) is 10.8. The Morgan fingerprint density at radius 3 is 2.57 bits per heavy atom. The molecule has 11 heteroatoms. The molecule has 1 N–H and O–H groups in total. The number of halogens is 1. The molecule has 0 bridgehead atoms. The Balaban J connectivity index is 1.95. The van der Waals surface area contributed by atoms with E-state index in [0.29, 0.717) is 21.3 Å². The minimum atomic E-state index is -4.17. The van der Waals surface area contributed by atoms with Crippen molar-refractivity contribution in [3.05, 3.63) is 75.9 Å². The molecular formula is C19H14BrN5O4S. The molecule has 0 aliphatic rings. The van der Waals surface area contributed by atoms with Gasteiger partial charge < -0.3 is 9.72 Å². The maximum atomic E-state index is 13.7. The molecule has 4 rings (SSSR count). The number of aromatic amines is 1. The summed E-state index contributed by atoms with van der Waals surface area (Å²) in [5.41, 5.74) is 0.607. The van der Waals surface area contributed by atoms with Gasteiger partial charge in [0.25, 0.3) is 15.6 Å². The van der Waals surface area contributed by atoms with Crippen LogP contribution in [-0.4, -0.2) is 35.5 Å². The zero-order chi connectivity index (χ0) is 21.3. The zero-order valence-electron chi connectivity index (χ0n) is 15.5. The van der Waals surface area contributed by atoms with Crippen molar-refractivity contribution in [3.8, 4) is 5.75 Å². The first-order chi connectivity index (χ1) is 14.4. The van der Waals surface area contributed by atoms with Crippen molar-refractivity contribution in [2.24, 2.45) is 0 Å². The number of fused-ring (bicyclic) bond motifs is 1. The fraction of sp³-hybridized carbons (Fsp3) is 0.0526. The van der Waals surface area contributed by atoms with Crippen LogP contribution in [0.4, 0.5) is 11.6 Å². The lowest BCUT2D eigenvalue weighted by Crippen LogP contribution is -2.28. The molecule has 0 amide bonds. The maximum Gasteiger partial charge on any atom is 0.271 e. The molecule has 0 atom stereocenters. The molecule has 0 spiro atoms. The van der Waals surface area contributed by atoms with Gasteiger partial charge in [-0.25, -0.2) is 23.4 Å². The van der Waals surface area contributed by atoms with Gasteiger partial charge in [-0.1, -0.05) is 15.9 Å². The van der Waals surface area contributed by atoms with Crippen LogP contribution in [0.5, 0.6) is 5.75 Å². The average Bonchev–Trinajstić information content (AvgIpc) is 2.75. The Kier molecular flexibility index (Phi) is 5.22. The molecule has 9 nitrogen and oxygen atoms in total. The molecule has 0 radical (unpaired) electrons. The molecule has 152 valence electrons. The van der Waals surface area contributed by atoms with Crippen molar-refractivity contribution in [1.29, 1.82) is 0 Å². The molecule has 2 aromatic carbocycles. The summed E-state index contributed by atoms with van der Waals surface area (Å²) in [4.78, 5) is 26.3. The first-order valence-corrected chi connectivity index (χ1v) is 10.8. The van der Waals surface area contributed by atoms with E-state index in [4.69, 9.17) is 4.74 Å². The van der Waals surface area contributed by atoms with Crippen molar-refractivity contribution in [3.63, 3.8) is 0 Å². The number of aromatic nitrogens is 4. The van der Waals surface area contributed by atoms with E-state index in [2.05, 4.69) is 35.9 Å². The number of ether oxygens (including phenoxy) is 1. The molecule has 4 aromatic rings. The number of sulfonamides is 1. The standard InChI is InChI=1S/C19H14BrN5O4S/c1-29-17-9-12(20)3-6-16(17)25(19-21-7-2-8-22-19)30(27,28)13-4-5-14-15(10-13)23-11-18(26)24-14/h2-11H,1H3,(H,24,26).